The van der Waals surface area contributed by atoms with Crippen LogP contribution in [0.25, 0.3) is 10.9 Å². The van der Waals surface area contributed by atoms with E-state index in [1.807, 2.05) is 42.5 Å². The number of pyridine rings is 1. The molecule has 1 aliphatic rings. The quantitative estimate of drug-likeness (QED) is 0.292. The molecule has 4 aromatic rings. The molecule has 3 unspecified atom stereocenters. The van der Waals surface area contributed by atoms with Crippen LogP contribution in [0.5, 0.6) is 0 Å². The lowest BCUT2D eigenvalue weighted by atomic mass is 9.66. The molecule has 7 heteroatoms. The summed E-state index contributed by atoms with van der Waals surface area (Å²) in [5.74, 6) is -1.16. The van der Waals surface area contributed by atoms with Gasteiger partial charge in [0.1, 0.15) is 5.82 Å². The highest BCUT2D eigenvalue weighted by atomic mass is 79.9. The van der Waals surface area contributed by atoms with Gasteiger partial charge in [-0.2, -0.15) is 0 Å². The summed E-state index contributed by atoms with van der Waals surface area (Å²) in [6.07, 6.45) is 0.915. The Morgan fingerprint density at radius 3 is 2.69 bits per heavy atom. The fourth-order valence-electron chi connectivity index (χ4n) is 5.32. The van der Waals surface area contributed by atoms with E-state index in [9.17, 15) is 14.3 Å². The van der Waals surface area contributed by atoms with Gasteiger partial charge in [0.25, 0.3) is 5.56 Å². The first-order chi connectivity index (χ1) is 16.8. The summed E-state index contributed by atoms with van der Waals surface area (Å²) in [6, 6.07) is 21.3. The van der Waals surface area contributed by atoms with Crippen molar-refractivity contribution in [3.05, 3.63) is 115 Å². The van der Waals surface area contributed by atoms with E-state index in [0.717, 1.165) is 26.5 Å². The van der Waals surface area contributed by atoms with Gasteiger partial charge in [0.05, 0.1) is 5.60 Å². The van der Waals surface area contributed by atoms with E-state index in [-0.39, 0.29) is 17.3 Å². The highest BCUT2D eigenvalue weighted by Crippen LogP contribution is 2.44. The minimum absolute atomic E-state index is 0.240. The summed E-state index contributed by atoms with van der Waals surface area (Å²) in [5, 5.41) is 17.2. The van der Waals surface area contributed by atoms with Crippen LogP contribution in [0.15, 0.2) is 82.1 Å². The first-order valence-corrected chi connectivity index (χ1v) is 12.8. The summed E-state index contributed by atoms with van der Waals surface area (Å²) in [7, 11) is 0. The van der Waals surface area contributed by atoms with Gasteiger partial charge in [0.15, 0.2) is 0 Å². The van der Waals surface area contributed by atoms with E-state index in [1.165, 1.54) is 12.1 Å². The van der Waals surface area contributed by atoms with Crippen molar-refractivity contribution in [2.45, 2.75) is 24.4 Å². The number of rotatable bonds is 5. The maximum atomic E-state index is 13.9. The van der Waals surface area contributed by atoms with Crippen molar-refractivity contribution in [2.75, 3.05) is 13.1 Å². The first-order valence-electron chi connectivity index (χ1n) is 11.6. The van der Waals surface area contributed by atoms with Crippen LogP contribution in [-0.4, -0.2) is 28.8 Å². The van der Waals surface area contributed by atoms with Crippen molar-refractivity contribution in [1.82, 2.24) is 10.3 Å². The molecule has 4 nitrogen and oxygen atoms in total. The Bertz CT molecular complexity index is 1420. The number of piperidine rings is 1. The van der Waals surface area contributed by atoms with Crippen LogP contribution in [0.2, 0.25) is 5.02 Å². The third-order valence-electron chi connectivity index (χ3n) is 7.02. The van der Waals surface area contributed by atoms with E-state index < -0.39 is 11.5 Å². The van der Waals surface area contributed by atoms with Gasteiger partial charge in [-0.25, -0.2) is 4.39 Å². The summed E-state index contributed by atoms with van der Waals surface area (Å²) < 4.78 is 14.8. The molecule has 0 amide bonds. The van der Waals surface area contributed by atoms with E-state index in [2.05, 4.69) is 26.2 Å². The standard InChI is InChI=1S/C28H25BrClFN2O2/c29-21-6-9-25-19(14-21)15-24(27(34)33-25)26(18-4-7-22(30)8-5-18)28(35)10-11-32-16-20(28)12-17-2-1-3-23(31)13-17/h1-9,13-15,20,26,32,35H,10-12,16H2,(H,33,34). The van der Waals surface area contributed by atoms with Crippen molar-refractivity contribution in [3.63, 3.8) is 0 Å². The Morgan fingerprint density at radius 2 is 1.91 bits per heavy atom. The zero-order valence-corrected chi connectivity index (χ0v) is 21.2. The smallest absolute Gasteiger partial charge is 0.252 e. The van der Waals surface area contributed by atoms with Gasteiger partial charge < -0.3 is 15.4 Å². The Kier molecular flexibility index (Phi) is 6.82. The normalized spacial score (nSPS) is 21.2. The molecular weight excluding hydrogens is 531 g/mol. The van der Waals surface area contributed by atoms with Gasteiger partial charge in [-0.1, -0.05) is 51.8 Å². The summed E-state index contributed by atoms with van der Waals surface area (Å²) >= 11 is 9.69. The molecule has 1 saturated heterocycles. The molecule has 180 valence electrons. The number of benzene rings is 3. The number of nitrogens with one attached hydrogen (secondary N) is 2. The molecule has 3 aromatic carbocycles. The maximum Gasteiger partial charge on any atom is 0.252 e. The fraction of sp³-hybridized carbons (Fsp3) is 0.250. The third-order valence-corrected chi connectivity index (χ3v) is 7.77. The van der Waals surface area contributed by atoms with E-state index >= 15 is 0 Å². The molecule has 0 aliphatic carbocycles. The number of aromatic nitrogens is 1. The van der Waals surface area contributed by atoms with Crippen LogP contribution >= 0.6 is 27.5 Å². The van der Waals surface area contributed by atoms with Gasteiger partial charge in [-0.05, 0) is 84.4 Å². The van der Waals surface area contributed by atoms with Crippen LogP contribution in [0.1, 0.15) is 29.0 Å². The third kappa shape index (κ3) is 4.94. The Hall–Kier alpha value is -2.51. The van der Waals surface area contributed by atoms with Crippen molar-refractivity contribution < 1.29 is 9.50 Å². The number of fused-ring (bicyclic) bond motifs is 1. The second-order valence-electron chi connectivity index (χ2n) is 9.25. The molecule has 1 aliphatic heterocycles. The second-order valence-corrected chi connectivity index (χ2v) is 10.6. The molecule has 0 spiro atoms. The summed E-state index contributed by atoms with van der Waals surface area (Å²) in [6.45, 7) is 1.16. The topological polar surface area (TPSA) is 65.1 Å². The second kappa shape index (κ2) is 9.86. The number of hydrogen-bond acceptors (Lipinski definition) is 3. The Morgan fingerprint density at radius 1 is 1.11 bits per heavy atom. The molecule has 0 radical (unpaired) electrons. The Balaban J connectivity index is 1.67. The van der Waals surface area contributed by atoms with E-state index in [0.29, 0.717) is 36.5 Å². The number of aromatic amines is 1. The molecular formula is C28H25BrClFN2O2. The zero-order valence-electron chi connectivity index (χ0n) is 18.9. The van der Waals surface area contributed by atoms with E-state index in [1.54, 1.807) is 18.2 Å². The molecule has 0 bridgehead atoms. The molecule has 35 heavy (non-hydrogen) atoms. The SMILES string of the molecule is O=c1[nH]c2ccc(Br)cc2cc1C(c1ccc(Cl)cc1)C1(O)CCNCC1Cc1cccc(F)c1. The van der Waals surface area contributed by atoms with Gasteiger partial charge in [0.2, 0.25) is 0 Å². The van der Waals surface area contributed by atoms with Crippen molar-refractivity contribution in [1.29, 1.82) is 0 Å². The highest BCUT2D eigenvalue weighted by molar-refractivity contribution is 9.10. The predicted octanol–water partition coefficient (Wildman–Crippen LogP) is 5.80. The Labute approximate surface area is 216 Å². The largest absolute Gasteiger partial charge is 0.388 e. The van der Waals surface area contributed by atoms with Crippen molar-refractivity contribution in [2.24, 2.45) is 5.92 Å². The molecule has 3 atom stereocenters. The van der Waals surface area contributed by atoms with Crippen LogP contribution < -0.4 is 10.9 Å². The lowest BCUT2D eigenvalue weighted by molar-refractivity contribution is -0.0542. The van der Waals surface area contributed by atoms with Gasteiger partial charge >= 0.3 is 0 Å². The van der Waals surface area contributed by atoms with Gasteiger partial charge in [-0.3, -0.25) is 4.79 Å². The number of halogens is 3. The van der Waals surface area contributed by atoms with Crippen LogP contribution in [0.4, 0.5) is 4.39 Å². The van der Waals surface area contributed by atoms with Gasteiger partial charge in [-0.15, -0.1) is 0 Å². The minimum Gasteiger partial charge on any atom is -0.388 e. The minimum atomic E-state index is -1.25. The fourth-order valence-corrected chi connectivity index (χ4v) is 5.83. The first kappa shape index (κ1) is 24.2. The molecule has 1 aromatic heterocycles. The average Bonchev–Trinajstić information content (AvgIpc) is 2.83. The number of aliphatic hydroxyl groups is 1. The number of H-pyrrole nitrogens is 1. The molecule has 1 fully saturated rings. The summed E-state index contributed by atoms with van der Waals surface area (Å²) in [4.78, 5) is 16.4. The van der Waals surface area contributed by atoms with Crippen molar-refractivity contribution in [3.8, 4) is 0 Å². The lowest BCUT2D eigenvalue weighted by Crippen LogP contribution is -2.55. The molecule has 5 rings (SSSR count). The van der Waals surface area contributed by atoms with Crippen molar-refractivity contribution >= 4 is 38.4 Å². The van der Waals surface area contributed by atoms with Gasteiger partial charge in [0, 0.05) is 39.0 Å². The lowest BCUT2D eigenvalue weighted by Gasteiger charge is -2.46. The average molecular weight is 556 g/mol. The molecule has 3 N–H and O–H groups in total. The predicted molar refractivity (Wildman–Crippen MR) is 142 cm³/mol. The molecule has 2 heterocycles. The monoisotopic (exact) mass is 554 g/mol. The highest BCUT2D eigenvalue weighted by Gasteiger charge is 2.47. The van der Waals surface area contributed by atoms with Crippen LogP contribution in [0.3, 0.4) is 0 Å². The maximum absolute atomic E-state index is 13.9. The zero-order chi connectivity index (χ0) is 24.6. The molecule has 0 saturated carbocycles. The van der Waals surface area contributed by atoms with E-state index in [4.69, 9.17) is 11.6 Å². The van der Waals surface area contributed by atoms with Crippen LogP contribution in [-0.2, 0) is 6.42 Å². The summed E-state index contributed by atoms with van der Waals surface area (Å²) in [5.41, 5.74) is 1.34. The number of hydrogen-bond donors (Lipinski definition) is 3. The van der Waals surface area contributed by atoms with Crippen LogP contribution in [0, 0.1) is 11.7 Å².